The molecule has 0 fully saturated rings. The van der Waals surface area contributed by atoms with E-state index in [9.17, 15) is 0 Å². The van der Waals surface area contributed by atoms with Crippen molar-refractivity contribution in [3.8, 4) is 56.4 Å². The predicted octanol–water partition coefficient (Wildman–Crippen LogP) is 14.6. The van der Waals surface area contributed by atoms with E-state index >= 15 is 0 Å². The SMILES string of the molecule is [NH2+]=Cc1cc(C2(c3ccccc3)c3ccccc3-c3ccccc32)ccc1Nc1cccc(-c2ccc(-c3nc(-c4cccc5c4oc4ccccc45)nc(-c4cccc5c4oc4ccccc45)n3)cc2)c1. The summed E-state index contributed by atoms with van der Waals surface area (Å²) in [5.41, 5.74) is 17.2. The fraction of sp³-hybridized carbons (Fsp3) is 0.0154. The molecular formula is C65H42N5O2+. The van der Waals surface area contributed by atoms with Crippen LogP contribution in [-0.4, -0.2) is 21.2 Å². The predicted molar refractivity (Wildman–Crippen MR) is 290 cm³/mol. The minimum absolute atomic E-state index is 0.505. The molecule has 1 aliphatic carbocycles. The van der Waals surface area contributed by atoms with Gasteiger partial charge >= 0.3 is 0 Å². The summed E-state index contributed by atoms with van der Waals surface area (Å²) in [6, 6.07) is 80.2. The van der Waals surface area contributed by atoms with Crippen LogP contribution in [0.3, 0.4) is 0 Å². The first kappa shape index (κ1) is 41.3. The second-order valence-corrected chi connectivity index (χ2v) is 18.3. The minimum Gasteiger partial charge on any atom is -0.455 e. The van der Waals surface area contributed by atoms with Gasteiger partial charge in [0.15, 0.2) is 23.7 Å². The Hall–Kier alpha value is -9.72. The molecule has 14 rings (SSSR count). The van der Waals surface area contributed by atoms with Gasteiger partial charge < -0.3 is 14.2 Å². The first-order chi connectivity index (χ1) is 35.6. The van der Waals surface area contributed by atoms with Crippen molar-refractivity contribution in [2.75, 3.05) is 5.32 Å². The second kappa shape index (κ2) is 16.5. The topological polar surface area (TPSA) is 103 Å². The van der Waals surface area contributed by atoms with E-state index in [0.29, 0.717) is 17.5 Å². The van der Waals surface area contributed by atoms with E-state index in [1.54, 1.807) is 6.21 Å². The van der Waals surface area contributed by atoms with Gasteiger partial charge in [-0.1, -0.05) is 182 Å². The molecule has 0 saturated carbocycles. The first-order valence-corrected chi connectivity index (χ1v) is 24.1. The molecule has 1 aliphatic rings. The Labute approximate surface area is 414 Å². The van der Waals surface area contributed by atoms with Crippen LogP contribution in [0.2, 0.25) is 0 Å². The number of hydrogen-bond donors (Lipinski definition) is 2. The van der Waals surface area contributed by atoms with Crippen LogP contribution in [0.1, 0.15) is 27.8 Å². The maximum atomic E-state index is 6.50. The maximum Gasteiger partial charge on any atom is 0.169 e. The number of nitrogens with zero attached hydrogens (tertiary/aromatic N) is 3. The average molecular weight is 925 g/mol. The third kappa shape index (κ3) is 6.45. The van der Waals surface area contributed by atoms with E-state index in [4.69, 9.17) is 29.2 Å². The van der Waals surface area contributed by atoms with Crippen molar-refractivity contribution in [1.82, 2.24) is 15.0 Å². The summed E-state index contributed by atoms with van der Waals surface area (Å²) in [6.07, 6.45) is 1.70. The van der Waals surface area contributed by atoms with Crippen LogP contribution in [0.4, 0.5) is 11.4 Å². The van der Waals surface area contributed by atoms with Gasteiger partial charge in [0, 0.05) is 32.8 Å². The average Bonchev–Trinajstić information content (AvgIpc) is 4.13. The molecule has 10 aromatic carbocycles. The summed E-state index contributed by atoms with van der Waals surface area (Å²) in [6.45, 7) is 0. The monoisotopic (exact) mass is 924 g/mol. The molecule has 3 N–H and O–H groups in total. The van der Waals surface area contributed by atoms with E-state index < -0.39 is 5.41 Å². The largest absolute Gasteiger partial charge is 0.455 e. The Kier molecular flexibility index (Phi) is 9.44. The lowest BCUT2D eigenvalue weighted by Gasteiger charge is -2.34. The number of hydrogen-bond acceptors (Lipinski definition) is 6. The van der Waals surface area contributed by atoms with E-state index in [-0.39, 0.29) is 0 Å². The third-order valence-corrected chi connectivity index (χ3v) is 14.4. The summed E-state index contributed by atoms with van der Waals surface area (Å²) in [4.78, 5) is 15.5. The van der Waals surface area contributed by atoms with E-state index in [0.717, 1.165) is 94.2 Å². The van der Waals surface area contributed by atoms with Crippen LogP contribution < -0.4 is 10.7 Å². The summed E-state index contributed by atoms with van der Waals surface area (Å²) < 4.78 is 13.0. The molecule has 0 atom stereocenters. The van der Waals surface area contributed by atoms with Gasteiger partial charge in [-0.3, -0.25) is 5.41 Å². The highest BCUT2D eigenvalue weighted by Crippen LogP contribution is 2.56. The quantitative estimate of drug-likeness (QED) is 0.140. The van der Waals surface area contributed by atoms with Crippen LogP contribution in [0.25, 0.3) is 100 Å². The highest BCUT2D eigenvalue weighted by molar-refractivity contribution is 6.10. The molecule has 7 nitrogen and oxygen atoms in total. The van der Waals surface area contributed by atoms with Gasteiger partial charge in [-0.2, -0.15) is 0 Å². The normalized spacial score (nSPS) is 12.6. The van der Waals surface area contributed by atoms with Gasteiger partial charge in [0.05, 0.1) is 27.8 Å². The summed E-state index contributed by atoms with van der Waals surface area (Å²) >= 11 is 0. The summed E-state index contributed by atoms with van der Waals surface area (Å²) in [5, 5.41) is 14.3. The maximum absolute atomic E-state index is 6.50. The van der Waals surface area contributed by atoms with Crippen molar-refractivity contribution >= 4 is 61.5 Å². The van der Waals surface area contributed by atoms with E-state index in [1.165, 1.54) is 27.8 Å². The summed E-state index contributed by atoms with van der Waals surface area (Å²) in [7, 11) is 0. The lowest BCUT2D eigenvalue weighted by molar-refractivity contribution is -0.104. The number of aromatic nitrogens is 3. The van der Waals surface area contributed by atoms with Crippen molar-refractivity contribution in [1.29, 1.82) is 0 Å². The van der Waals surface area contributed by atoms with E-state index in [2.05, 4.69) is 175 Å². The Morgan fingerprint density at radius 2 is 0.903 bits per heavy atom. The first-order valence-electron chi connectivity index (χ1n) is 24.1. The van der Waals surface area contributed by atoms with Gasteiger partial charge in [-0.15, -0.1) is 0 Å². The molecule has 13 aromatic rings. The highest BCUT2D eigenvalue weighted by Gasteiger charge is 2.46. The fourth-order valence-electron chi connectivity index (χ4n) is 11.1. The van der Waals surface area contributed by atoms with Crippen LogP contribution in [0, 0.1) is 0 Å². The summed E-state index contributed by atoms with van der Waals surface area (Å²) in [5.74, 6) is 1.54. The zero-order valence-corrected chi connectivity index (χ0v) is 38.8. The molecule has 0 aliphatic heterocycles. The molecule has 0 amide bonds. The lowest BCUT2D eigenvalue weighted by atomic mass is 9.67. The van der Waals surface area contributed by atoms with Gasteiger partial charge in [-0.05, 0) is 93.0 Å². The molecule has 338 valence electrons. The van der Waals surface area contributed by atoms with Crippen LogP contribution >= 0.6 is 0 Å². The van der Waals surface area contributed by atoms with Crippen molar-refractivity contribution in [2.24, 2.45) is 0 Å². The standard InChI is InChI=1S/C65H41N5O2/c66-39-43-37-45(65(44-16-2-1-3-17-44)55-27-8-4-19-47(55)48-20-5-9-28-56(48)65)35-36-57(43)67-46-18-12-15-42(38-46)40-31-33-41(34-32-40)62-68-63(53-25-13-23-51-49-21-6-10-29-58(49)71-60(51)53)70-64(69-62)54-26-14-24-52-50-22-7-11-30-59(50)72-61(52)54/h1-39,66-67H/p+1. The van der Waals surface area contributed by atoms with E-state index in [1.807, 2.05) is 60.7 Å². The fourth-order valence-corrected chi connectivity index (χ4v) is 11.1. The Morgan fingerprint density at radius 1 is 0.389 bits per heavy atom. The molecule has 0 bridgehead atoms. The molecule has 0 radical (unpaired) electrons. The molecule has 0 spiro atoms. The third-order valence-electron chi connectivity index (χ3n) is 14.4. The van der Waals surface area contributed by atoms with Gasteiger partial charge in [0.2, 0.25) is 0 Å². The van der Waals surface area contributed by atoms with Crippen LogP contribution in [0.15, 0.2) is 239 Å². The number of rotatable bonds is 9. The smallest absolute Gasteiger partial charge is 0.169 e. The lowest BCUT2D eigenvalue weighted by Crippen LogP contribution is -2.32. The van der Waals surface area contributed by atoms with Crippen LogP contribution in [-0.2, 0) is 5.41 Å². The molecule has 3 heterocycles. The second-order valence-electron chi connectivity index (χ2n) is 18.3. The minimum atomic E-state index is -0.521. The molecule has 0 unspecified atom stereocenters. The highest BCUT2D eigenvalue weighted by atomic mass is 16.3. The van der Waals surface area contributed by atoms with Crippen LogP contribution in [0.5, 0.6) is 0 Å². The Balaban J connectivity index is 0.823. The van der Waals surface area contributed by atoms with Crippen molar-refractivity contribution in [3.05, 3.63) is 258 Å². The van der Waals surface area contributed by atoms with Crippen molar-refractivity contribution < 1.29 is 14.2 Å². The zero-order valence-electron chi connectivity index (χ0n) is 38.8. The number of furan rings is 2. The van der Waals surface area contributed by atoms with Crippen molar-refractivity contribution in [2.45, 2.75) is 5.41 Å². The number of nitrogens with two attached hydrogens (primary N) is 1. The number of fused-ring (bicyclic) bond motifs is 9. The molecule has 0 saturated heterocycles. The van der Waals surface area contributed by atoms with Gasteiger partial charge in [-0.25, -0.2) is 15.0 Å². The molecule has 3 aromatic heterocycles. The molecule has 7 heteroatoms. The number of para-hydroxylation sites is 4. The van der Waals surface area contributed by atoms with Gasteiger partial charge in [0.1, 0.15) is 22.3 Å². The van der Waals surface area contributed by atoms with Gasteiger partial charge in [0.25, 0.3) is 0 Å². The number of nitrogens with one attached hydrogen (secondary N) is 1. The number of benzene rings is 10. The Bertz CT molecular complexity index is 4110. The zero-order chi connectivity index (χ0) is 47.8. The van der Waals surface area contributed by atoms with Crippen molar-refractivity contribution in [3.63, 3.8) is 0 Å². The molecular weight excluding hydrogens is 883 g/mol. The number of anilines is 2. The Morgan fingerprint density at radius 3 is 1.53 bits per heavy atom. The molecule has 72 heavy (non-hydrogen) atoms.